The highest BCUT2D eigenvalue weighted by atomic mass is 28.4. The molecule has 0 heterocycles. The molecule has 0 aromatic heterocycles. The lowest BCUT2D eigenvalue weighted by molar-refractivity contribution is -0.133. The van der Waals surface area contributed by atoms with Gasteiger partial charge in [0, 0.05) is 5.92 Å². The first-order valence-corrected chi connectivity index (χ1v) is 7.82. The number of ether oxygens (including phenoxy) is 1. The number of hydrogen-bond donors (Lipinski definition) is 0. The third-order valence-electron chi connectivity index (χ3n) is 2.69. The Hall–Kier alpha value is -0.793. The topological polar surface area (TPSA) is 35.5 Å². The maximum Gasteiger partial charge on any atom is 0.384 e. The van der Waals surface area contributed by atoms with E-state index in [1.807, 2.05) is 0 Å². The first kappa shape index (κ1) is 14.2. The minimum atomic E-state index is -1.74. The largest absolute Gasteiger partial charge is 0.459 e. The summed E-state index contributed by atoms with van der Waals surface area (Å²) in [6.07, 6.45) is 0. The minimum absolute atomic E-state index is 0.167. The predicted molar refractivity (Wildman–Crippen MR) is 62.9 cm³/mol. The lowest BCUT2D eigenvalue weighted by Crippen LogP contribution is -2.40. The van der Waals surface area contributed by atoms with Crippen LogP contribution in [0, 0.1) is 11.8 Å². The van der Waals surface area contributed by atoms with Crippen molar-refractivity contribution in [2.24, 2.45) is 0 Å². The van der Waals surface area contributed by atoms with Crippen molar-refractivity contribution in [2.45, 2.75) is 38.9 Å². The second kappa shape index (κ2) is 5.33. The van der Waals surface area contributed by atoms with Crippen molar-refractivity contribution < 1.29 is 14.0 Å². The highest BCUT2D eigenvalue weighted by Gasteiger charge is 2.36. The molecule has 0 N–H and O–H groups in total. The Labute approximate surface area is 93.3 Å². The van der Waals surface area contributed by atoms with Gasteiger partial charge in [0.25, 0.3) is 0 Å². The van der Waals surface area contributed by atoms with Crippen LogP contribution >= 0.6 is 0 Å². The van der Waals surface area contributed by atoms with Gasteiger partial charge in [-0.1, -0.05) is 26.7 Å². The molecule has 0 aliphatic carbocycles. The zero-order valence-electron chi connectivity index (χ0n) is 10.4. The van der Waals surface area contributed by atoms with Crippen LogP contribution in [0.1, 0.15) is 20.8 Å². The second-order valence-corrected chi connectivity index (χ2v) is 9.65. The number of hydrogen-bond acceptors (Lipinski definition) is 3. The van der Waals surface area contributed by atoms with Crippen LogP contribution in [0.5, 0.6) is 0 Å². The summed E-state index contributed by atoms with van der Waals surface area (Å²) in [5.41, 5.74) is 0. The SMILES string of the molecule is COC(=O)C#CCO[Si](C)(C)C(C)(C)C. The summed E-state index contributed by atoms with van der Waals surface area (Å²) in [6, 6.07) is 0. The second-order valence-electron chi connectivity index (χ2n) is 4.84. The third-order valence-corrected chi connectivity index (χ3v) is 7.17. The standard InChI is InChI=1S/C11H20O3Si/c1-11(2,3)15(5,6)14-9-7-8-10(12)13-4/h9H2,1-6H3. The van der Waals surface area contributed by atoms with Crippen molar-refractivity contribution in [3.63, 3.8) is 0 Å². The van der Waals surface area contributed by atoms with E-state index in [0.717, 1.165) is 0 Å². The Kier molecular flexibility index (Phi) is 5.05. The molecule has 4 heteroatoms. The highest BCUT2D eigenvalue weighted by Crippen LogP contribution is 2.36. The fourth-order valence-corrected chi connectivity index (χ4v) is 1.46. The molecule has 0 unspecified atom stereocenters. The van der Waals surface area contributed by atoms with E-state index in [-0.39, 0.29) is 5.04 Å². The average molecular weight is 228 g/mol. The summed E-state index contributed by atoms with van der Waals surface area (Å²) in [7, 11) is -0.430. The fraction of sp³-hybridized carbons (Fsp3) is 0.727. The summed E-state index contributed by atoms with van der Waals surface area (Å²) in [6.45, 7) is 11.1. The quantitative estimate of drug-likeness (QED) is 0.314. The lowest BCUT2D eigenvalue weighted by Gasteiger charge is -2.35. The van der Waals surface area contributed by atoms with Crippen LogP contribution in [0.3, 0.4) is 0 Å². The Morgan fingerprint density at radius 3 is 2.27 bits per heavy atom. The number of esters is 1. The summed E-state index contributed by atoms with van der Waals surface area (Å²) >= 11 is 0. The van der Waals surface area contributed by atoms with Gasteiger partial charge in [-0.2, -0.15) is 0 Å². The number of carbonyl (C=O) groups is 1. The first-order chi connectivity index (χ1) is 6.70. The van der Waals surface area contributed by atoms with E-state index in [4.69, 9.17) is 4.43 Å². The number of methoxy groups -OCH3 is 1. The molecule has 0 aromatic rings. The van der Waals surface area contributed by atoms with Gasteiger partial charge in [-0.15, -0.1) is 0 Å². The van der Waals surface area contributed by atoms with E-state index in [2.05, 4.69) is 50.4 Å². The fourth-order valence-electron chi connectivity index (χ4n) is 0.592. The smallest absolute Gasteiger partial charge is 0.384 e. The molecular weight excluding hydrogens is 208 g/mol. The average Bonchev–Trinajstić information content (AvgIpc) is 2.10. The van der Waals surface area contributed by atoms with Gasteiger partial charge in [0.1, 0.15) is 0 Å². The molecule has 0 aliphatic heterocycles. The van der Waals surface area contributed by atoms with E-state index in [9.17, 15) is 4.79 Å². The van der Waals surface area contributed by atoms with Crippen molar-refractivity contribution in [3.8, 4) is 11.8 Å². The van der Waals surface area contributed by atoms with Crippen molar-refractivity contribution >= 4 is 14.3 Å². The molecule has 0 amide bonds. The Morgan fingerprint density at radius 1 is 1.33 bits per heavy atom. The van der Waals surface area contributed by atoms with Gasteiger partial charge < -0.3 is 9.16 Å². The van der Waals surface area contributed by atoms with Gasteiger partial charge in [-0.05, 0) is 18.1 Å². The van der Waals surface area contributed by atoms with Crippen LogP contribution in [0.15, 0.2) is 0 Å². The molecule has 0 rings (SSSR count). The monoisotopic (exact) mass is 228 g/mol. The molecule has 0 bridgehead atoms. The van der Waals surface area contributed by atoms with E-state index < -0.39 is 14.3 Å². The van der Waals surface area contributed by atoms with Crippen molar-refractivity contribution in [3.05, 3.63) is 0 Å². The molecule has 0 atom stereocenters. The molecule has 0 spiro atoms. The van der Waals surface area contributed by atoms with Crippen LogP contribution < -0.4 is 0 Å². The molecule has 0 fully saturated rings. The van der Waals surface area contributed by atoms with Gasteiger partial charge >= 0.3 is 5.97 Å². The number of carbonyl (C=O) groups excluding carboxylic acids is 1. The van der Waals surface area contributed by atoms with E-state index in [1.165, 1.54) is 7.11 Å². The summed E-state index contributed by atoms with van der Waals surface area (Å²) in [5, 5.41) is 0.167. The molecule has 0 radical (unpaired) electrons. The first-order valence-electron chi connectivity index (χ1n) is 4.91. The van der Waals surface area contributed by atoms with Crippen LogP contribution in [0.4, 0.5) is 0 Å². The normalized spacial score (nSPS) is 11.6. The zero-order chi connectivity index (χ0) is 12.1. The van der Waals surface area contributed by atoms with Crippen LogP contribution in [-0.2, 0) is 14.0 Å². The van der Waals surface area contributed by atoms with Crippen LogP contribution in [0.25, 0.3) is 0 Å². The third kappa shape index (κ3) is 5.00. The minimum Gasteiger partial charge on any atom is -0.459 e. The van der Waals surface area contributed by atoms with Crippen molar-refractivity contribution in [1.82, 2.24) is 0 Å². The van der Waals surface area contributed by atoms with E-state index in [0.29, 0.717) is 6.61 Å². The van der Waals surface area contributed by atoms with Gasteiger partial charge in [0.05, 0.1) is 13.7 Å². The lowest BCUT2D eigenvalue weighted by atomic mass is 10.2. The zero-order valence-corrected chi connectivity index (χ0v) is 11.4. The Morgan fingerprint density at radius 2 is 1.87 bits per heavy atom. The van der Waals surface area contributed by atoms with E-state index in [1.54, 1.807) is 0 Å². The Bertz CT molecular complexity index is 278. The molecule has 0 saturated carbocycles. The van der Waals surface area contributed by atoms with Crippen molar-refractivity contribution in [1.29, 1.82) is 0 Å². The van der Waals surface area contributed by atoms with Crippen LogP contribution in [0.2, 0.25) is 18.1 Å². The summed E-state index contributed by atoms with van der Waals surface area (Å²) < 4.78 is 10.1. The maximum atomic E-state index is 10.7. The predicted octanol–water partition coefficient (Wildman–Crippen LogP) is 2.18. The van der Waals surface area contributed by atoms with Crippen molar-refractivity contribution in [2.75, 3.05) is 13.7 Å². The van der Waals surface area contributed by atoms with E-state index >= 15 is 0 Å². The van der Waals surface area contributed by atoms with Crippen LogP contribution in [-0.4, -0.2) is 28.0 Å². The molecule has 0 saturated heterocycles. The highest BCUT2D eigenvalue weighted by molar-refractivity contribution is 6.74. The van der Waals surface area contributed by atoms with Gasteiger partial charge in [0.15, 0.2) is 8.32 Å². The molecule has 0 aliphatic rings. The molecule has 15 heavy (non-hydrogen) atoms. The molecule has 0 aromatic carbocycles. The molecule has 3 nitrogen and oxygen atoms in total. The molecular formula is C11H20O3Si. The molecule has 86 valence electrons. The Balaban J connectivity index is 4.16. The summed E-state index contributed by atoms with van der Waals surface area (Å²) in [4.78, 5) is 10.7. The van der Waals surface area contributed by atoms with Gasteiger partial charge in [-0.25, -0.2) is 4.79 Å². The van der Waals surface area contributed by atoms with Gasteiger partial charge in [0.2, 0.25) is 0 Å². The summed E-state index contributed by atoms with van der Waals surface area (Å²) in [5.74, 6) is 4.48. The van der Waals surface area contributed by atoms with Gasteiger partial charge in [-0.3, -0.25) is 0 Å². The number of rotatable bonds is 2. The maximum absolute atomic E-state index is 10.7.